The normalized spacial score (nSPS) is 15.5. The van der Waals surface area contributed by atoms with Crippen LogP contribution in [-0.4, -0.2) is 62.6 Å². The van der Waals surface area contributed by atoms with Crippen molar-refractivity contribution in [2.75, 3.05) is 46.9 Å². The lowest BCUT2D eigenvalue weighted by molar-refractivity contribution is -0.131. The summed E-state index contributed by atoms with van der Waals surface area (Å²) in [5.74, 6) is 0.992. The zero-order valence-corrected chi connectivity index (χ0v) is 14.2. The molecule has 0 spiro atoms. The summed E-state index contributed by atoms with van der Waals surface area (Å²) in [5, 5.41) is 3.35. The van der Waals surface area contributed by atoms with Gasteiger partial charge in [-0.3, -0.25) is 9.69 Å². The first-order chi connectivity index (χ1) is 10.2. The molecule has 1 amide bonds. The van der Waals surface area contributed by atoms with Crippen LogP contribution < -0.4 is 10.1 Å². The molecule has 1 heterocycles. The maximum Gasteiger partial charge on any atom is 0.236 e. The SMILES string of the molecule is COc1cccc(CN(C)C(=O)CN2CCCNCC2)c1.Cl. The minimum atomic E-state index is 0. The van der Waals surface area contributed by atoms with Crippen molar-refractivity contribution in [3.8, 4) is 5.75 Å². The summed E-state index contributed by atoms with van der Waals surface area (Å²) in [6.45, 7) is 5.06. The van der Waals surface area contributed by atoms with Gasteiger partial charge < -0.3 is 15.0 Å². The Kier molecular flexibility index (Phi) is 8.24. The fourth-order valence-electron chi connectivity index (χ4n) is 2.50. The molecular weight excluding hydrogens is 302 g/mol. The molecule has 0 radical (unpaired) electrons. The first-order valence-corrected chi connectivity index (χ1v) is 7.49. The Bertz CT molecular complexity index is 462. The van der Waals surface area contributed by atoms with Gasteiger partial charge in [0.25, 0.3) is 0 Å². The highest BCUT2D eigenvalue weighted by molar-refractivity contribution is 5.85. The van der Waals surface area contributed by atoms with Crippen LogP contribution in [0.3, 0.4) is 0 Å². The van der Waals surface area contributed by atoms with Gasteiger partial charge in [0, 0.05) is 26.7 Å². The average molecular weight is 328 g/mol. The molecule has 1 aliphatic heterocycles. The summed E-state index contributed by atoms with van der Waals surface area (Å²) in [7, 11) is 3.51. The topological polar surface area (TPSA) is 44.8 Å². The van der Waals surface area contributed by atoms with Crippen molar-refractivity contribution >= 4 is 18.3 Å². The van der Waals surface area contributed by atoms with E-state index in [2.05, 4.69) is 10.2 Å². The van der Waals surface area contributed by atoms with Crippen molar-refractivity contribution in [1.82, 2.24) is 15.1 Å². The minimum absolute atomic E-state index is 0. The number of nitrogens with zero attached hydrogens (tertiary/aromatic N) is 2. The number of benzene rings is 1. The maximum atomic E-state index is 12.3. The summed E-state index contributed by atoms with van der Waals surface area (Å²) in [6.07, 6.45) is 1.10. The van der Waals surface area contributed by atoms with Crippen LogP contribution in [-0.2, 0) is 11.3 Å². The van der Waals surface area contributed by atoms with E-state index in [9.17, 15) is 4.79 Å². The fraction of sp³-hybridized carbons (Fsp3) is 0.562. The molecule has 6 heteroatoms. The van der Waals surface area contributed by atoms with Crippen LogP contribution in [0.25, 0.3) is 0 Å². The number of halogens is 1. The third-order valence-corrected chi connectivity index (χ3v) is 3.77. The van der Waals surface area contributed by atoms with E-state index in [1.54, 1.807) is 12.0 Å². The fourth-order valence-corrected chi connectivity index (χ4v) is 2.50. The lowest BCUT2D eigenvalue weighted by Crippen LogP contribution is -2.39. The Balaban J connectivity index is 0.00000242. The zero-order valence-electron chi connectivity index (χ0n) is 13.4. The van der Waals surface area contributed by atoms with E-state index < -0.39 is 0 Å². The number of ether oxygens (including phenoxy) is 1. The molecule has 2 rings (SSSR count). The van der Waals surface area contributed by atoms with Crippen LogP contribution in [0.5, 0.6) is 5.75 Å². The van der Waals surface area contributed by atoms with Gasteiger partial charge in [0.15, 0.2) is 0 Å². The van der Waals surface area contributed by atoms with Gasteiger partial charge in [-0.2, -0.15) is 0 Å². The number of likely N-dealkylation sites (N-methyl/N-ethyl adjacent to an activating group) is 1. The molecule has 22 heavy (non-hydrogen) atoms. The second-order valence-electron chi connectivity index (χ2n) is 5.48. The van der Waals surface area contributed by atoms with E-state index in [1.165, 1.54) is 0 Å². The summed E-state index contributed by atoms with van der Waals surface area (Å²) >= 11 is 0. The highest BCUT2D eigenvalue weighted by Crippen LogP contribution is 2.14. The van der Waals surface area contributed by atoms with E-state index >= 15 is 0 Å². The largest absolute Gasteiger partial charge is 0.497 e. The first-order valence-electron chi connectivity index (χ1n) is 7.49. The van der Waals surface area contributed by atoms with Crippen LogP contribution in [0.1, 0.15) is 12.0 Å². The predicted octanol–water partition coefficient (Wildman–Crippen LogP) is 1.37. The summed E-state index contributed by atoms with van der Waals surface area (Å²) < 4.78 is 5.21. The number of carbonyl (C=O) groups is 1. The van der Waals surface area contributed by atoms with Crippen molar-refractivity contribution in [3.05, 3.63) is 29.8 Å². The lowest BCUT2D eigenvalue weighted by Gasteiger charge is -2.23. The minimum Gasteiger partial charge on any atom is -0.497 e. The molecule has 1 saturated heterocycles. The summed E-state index contributed by atoms with van der Waals surface area (Å²) in [5.41, 5.74) is 1.09. The Morgan fingerprint density at radius 3 is 2.95 bits per heavy atom. The Hall–Kier alpha value is -1.30. The van der Waals surface area contributed by atoms with Crippen molar-refractivity contribution in [3.63, 3.8) is 0 Å². The van der Waals surface area contributed by atoms with E-state index in [0.717, 1.165) is 43.9 Å². The van der Waals surface area contributed by atoms with Crippen molar-refractivity contribution < 1.29 is 9.53 Å². The van der Waals surface area contributed by atoms with Gasteiger partial charge in [-0.05, 0) is 37.2 Å². The van der Waals surface area contributed by atoms with E-state index in [1.807, 2.05) is 31.3 Å². The van der Waals surface area contributed by atoms with Crippen LogP contribution in [0, 0.1) is 0 Å². The van der Waals surface area contributed by atoms with Gasteiger partial charge in [-0.15, -0.1) is 12.4 Å². The number of amides is 1. The molecule has 124 valence electrons. The van der Waals surface area contributed by atoms with Crippen molar-refractivity contribution in [1.29, 1.82) is 0 Å². The van der Waals surface area contributed by atoms with Crippen LogP contribution in [0.15, 0.2) is 24.3 Å². The molecule has 0 bridgehead atoms. The number of methoxy groups -OCH3 is 1. The first kappa shape index (κ1) is 18.7. The molecule has 0 aromatic heterocycles. The van der Waals surface area contributed by atoms with E-state index in [-0.39, 0.29) is 18.3 Å². The molecule has 0 saturated carbocycles. The molecule has 0 aliphatic carbocycles. The summed E-state index contributed by atoms with van der Waals surface area (Å²) in [6, 6.07) is 7.85. The summed E-state index contributed by atoms with van der Waals surface area (Å²) in [4.78, 5) is 16.3. The highest BCUT2D eigenvalue weighted by Gasteiger charge is 2.16. The quantitative estimate of drug-likeness (QED) is 0.887. The smallest absolute Gasteiger partial charge is 0.236 e. The molecule has 1 fully saturated rings. The van der Waals surface area contributed by atoms with Gasteiger partial charge in [0.05, 0.1) is 13.7 Å². The maximum absolute atomic E-state index is 12.3. The van der Waals surface area contributed by atoms with Crippen molar-refractivity contribution in [2.24, 2.45) is 0 Å². The lowest BCUT2D eigenvalue weighted by atomic mass is 10.2. The van der Waals surface area contributed by atoms with Crippen LogP contribution >= 0.6 is 12.4 Å². The highest BCUT2D eigenvalue weighted by atomic mass is 35.5. The number of rotatable bonds is 5. The molecular formula is C16H26ClN3O2. The van der Waals surface area contributed by atoms with Crippen LogP contribution in [0.4, 0.5) is 0 Å². The van der Waals surface area contributed by atoms with Gasteiger partial charge in [-0.1, -0.05) is 12.1 Å². The van der Waals surface area contributed by atoms with Gasteiger partial charge >= 0.3 is 0 Å². The predicted molar refractivity (Wildman–Crippen MR) is 90.6 cm³/mol. The van der Waals surface area contributed by atoms with E-state index in [0.29, 0.717) is 13.1 Å². The average Bonchev–Trinajstić information content (AvgIpc) is 2.76. The number of hydrogen-bond acceptors (Lipinski definition) is 4. The monoisotopic (exact) mass is 327 g/mol. The molecule has 1 aromatic carbocycles. The van der Waals surface area contributed by atoms with Crippen LogP contribution in [0.2, 0.25) is 0 Å². The molecule has 1 aromatic rings. The zero-order chi connectivity index (χ0) is 15.1. The number of hydrogen-bond donors (Lipinski definition) is 1. The van der Waals surface area contributed by atoms with Gasteiger partial charge in [-0.25, -0.2) is 0 Å². The second kappa shape index (κ2) is 9.66. The molecule has 1 aliphatic rings. The molecule has 0 atom stereocenters. The third kappa shape index (κ3) is 5.83. The second-order valence-corrected chi connectivity index (χ2v) is 5.48. The Labute approximate surface area is 139 Å². The van der Waals surface area contributed by atoms with E-state index in [4.69, 9.17) is 4.74 Å². The van der Waals surface area contributed by atoms with Gasteiger partial charge in [0.2, 0.25) is 5.91 Å². The number of nitrogens with one attached hydrogen (secondary N) is 1. The molecule has 1 N–H and O–H groups in total. The van der Waals surface area contributed by atoms with Gasteiger partial charge in [0.1, 0.15) is 5.75 Å². The Morgan fingerprint density at radius 2 is 2.18 bits per heavy atom. The number of carbonyl (C=O) groups excluding carboxylic acids is 1. The standard InChI is InChI=1S/C16H25N3O2.ClH/c1-18(12-14-5-3-6-15(11-14)21-2)16(20)13-19-9-4-7-17-8-10-19;/h3,5-6,11,17H,4,7-10,12-13H2,1-2H3;1H. The Morgan fingerprint density at radius 1 is 1.36 bits per heavy atom. The molecule has 5 nitrogen and oxygen atoms in total. The molecule has 0 unspecified atom stereocenters. The van der Waals surface area contributed by atoms with Crippen molar-refractivity contribution in [2.45, 2.75) is 13.0 Å². The third-order valence-electron chi connectivity index (χ3n) is 3.77.